The van der Waals surface area contributed by atoms with E-state index in [2.05, 4.69) is 0 Å². The van der Waals surface area contributed by atoms with E-state index in [9.17, 15) is 14.9 Å². The highest BCUT2D eigenvalue weighted by Crippen LogP contribution is 2.28. The third-order valence-corrected chi connectivity index (χ3v) is 3.74. The molecule has 26 heavy (non-hydrogen) atoms. The van der Waals surface area contributed by atoms with Gasteiger partial charge in [0.25, 0.3) is 5.69 Å². The van der Waals surface area contributed by atoms with Crippen molar-refractivity contribution >= 4 is 17.7 Å². The van der Waals surface area contributed by atoms with Crippen molar-refractivity contribution < 1.29 is 19.2 Å². The van der Waals surface area contributed by atoms with Crippen LogP contribution in [0.15, 0.2) is 48.5 Å². The monoisotopic (exact) mass is 356 g/mol. The molecule has 0 spiro atoms. The molecule has 0 fully saturated rings. The van der Waals surface area contributed by atoms with E-state index in [1.165, 1.54) is 23.1 Å². The fraction of sp³-hybridized carbons (Fsp3) is 0.211. The Morgan fingerprint density at radius 2 is 1.88 bits per heavy atom. The van der Waals surface area contributed by atoms with Gasteiger partial charge in [0.2, 0.25) is 5.91 Å². The van der Waals surface area contributed by atoms with E-state index >= 15 is 0 Å². The van der Waals surface area contributed by atoms with Gasteiger partial charge in [-0.15, -0.1) is 0 Å². The number of hydrogen-bond acceptors (Lipinski definition) is 5. The summed E-state index contributed by atoms with van der Waals surface area (Å²) in [6.45, 7) is 0.387. The summed E-state index contributed by atoms with van der Waals surface area (Å²) in [5, 5.41) is 10.8. The first-order valence-electron chi connectivity index (χ1n) is 7.83. The van der Waals surface area contributed by atoms with Crippen LogP contribution in [0.2, 0.25) is 0 Å². The van der Waals surface area contributed by atoms with Gasteiger partial charge in [0.1, 0.15) is 0 Å². The Labute approximate surface area is 151 Å². The molecule has 2 aromatic rings. The van der Waals surface area contributed by atoms with Crippen molar-refractivity contribution in [2.45, 2.75) is 6.54 Å². The third kappa shape index (κ3) is 4.83. The van der Waals surface area contributed by atoms with Crippen molar-refractivity contribution in [2.75, 3.05) is 21.3 Å². The van der Waals surface area contributed by atoms with Crippen LogP contribution in [0.1, 0.15) is 11.1 Å². The average Bonchev–Trinajstić information content (AvgIpc) is 2.66. The molecule has 0 heterocycles. The van der Waals surface area contributed by atoms with Crippen molar-refractivity contribution in [3.8, 4) is 11.5 Å². The molecule has 0 aromatic heterocycles. The Balaban J connectivity index is 2.05. The standard InChI is InChI=1S/C19H20N2O5/c1-20(13-15-7-9-17(25-2)18(12-15)26-3)19(22)10-8-14-5-4-6-16(11-14)21(23)24/h4-12H,13H2,1-3H3. The number of methoxy groups -OCH3 is 2. The zero-order valence-corrected chi connectivity index (χ0v) is 14.8. The average molecular weight is 356 g/mol. The molecular formula is C19H20N2O5. The first-order chi connectivity index (χ1) is 12.4. The predicted octanol–water partition coefficient (Wildman–Crippen LogP) is 3.28. The number of hydrogen-bond donors (Lipinski definition) is 0. The molecule has 0 N–H and O–H groups in total. The van der Waals surface area contributed by atoms with E-state index in [1.54, 1.807) is 45.5 Å². The number of benzene rings is 2. The zero-order valence-electron chi connectivity index (χ0n) is 14.8. The molecule has 2 aromatic carbocycles. The second kappa shape index (κ2) is 8.66. The van der Waals surface area contributed by atoms with Gasteiger partial charge < -0.3 is 14.4 Å². The van der Waals surface area contributed by atoms with Gasteiger partial charge in [-0.25, -0.2) is 0 Å². The van der Waals surface area contributed by atoms with Crippen LogP contribution in [0.3, 0.4) is 0 Å². The van der Waals surface area contributed by atoms with Gasteiger partial charge >= 0.3 is 0 Å². The molecule has 0 saturated carbocycles. The van der Waals surface area contributed by atoms with Gasteiger partial charge in [-0.1, -0.05) is 18.2 Å². The summed E-state index contributed by atoms with van der Waals surface area (Å²) in [5.74, 6) is 1.00. The van der Waals surface area contributed by atoms with Crippen molar-refractivity contribution in [1.82, 2.24) is 4.90 Å². The normalized spacial score (nSPS) is 10.6. The Hall–Kier alpha value is -3.35. The molecule has 0 aliphatic rings. The number of non-ortho nitro benzene ring substituents is 1. The summed E-state index contributed by atoms with van der Waals surface area (Å²) in [5.41, 5.74) is 1.47. The lowest BCUT2D eigenvalue weighted by atomic mass is 10.1. The molecule has 1 amide bonds. The smallest absolute Gasteiger partial charge is 0.270 e. The number of nitrogens with zero attached hydrogens (tertiary/aromatic N) is 2. The quantitative estimate of drug-likeness (QED) is 0.432. The number of carbonyl (C=O) groups is 1. The number of nitro benzene ring substituents is 1. The minimum atomic E-state index is -0.470. The maximum atomic E-state index is 12.3. The SMILES string of the molecule is COc1ccc(CN(C)C(=O)C=Cc2cccc([N+](=O)[O-])c2)cc1OC. The largest absolute Gasteiger partial charge is 0.493 e. The second-order valence-corrected chi connectivity index (χ2v) is 5.57. The van der Waals surface area contributed by atoms with E-state index in [0.717, 1.165) is 5.56 Å². The van der Waals surface area contributed by atoms with Gasteiger partial charge in [0, 0.05) is 31.8 Å². The van der Waals surface area contributed by atoms with Gasteiger partial charge in [0.15, 0.2) is 11.5 Å². The van der Waals surface area contributed by atoms with E-state index in [0.29, 0.717) is 23.6 Å². The predicted molar refractivity (Wildman–Crippen MR) is 98.2 cm³/mol. The zero-order chi connectivity index (χ0) is 19.1. The van der Waals surface area contributed by atoms with Crippen molar-refractivity contribution in [3.05, 3.63) is 69.8 Å². The molecule has 0 bridgehead atoms. The molecule has 2 rings (SSSR count). The van der Waals surface area contributed by atoms with Crippen molar-refractivity contribution in [3.63, 3.8) is 0 Å². The summed E-state index contributed by atoms with van der Waals surface area (Å²) in [6.07, 6.45) is 2.94. The lowest BCUT2D eigenvalue weighted by Gasteiger charge is -2.16. The molecule has 0 saturated heterocycles. The molecule has 0 aliphatic carbocycles. The van der Waals surface area contributed by atoms with E-state index in [-0.39, 0.29) is 11.6 Å². The van der Waals surface area contributed by atoms with Crippen LogP contribution in [0, 0.1) is 10.1 Å². The summed E-state index contributed by atoms with van der Waals surface area (Å²) < 4.78 is 10.5. The number of nitro groups is 1. The van der Waals surface area contributed by atoms with Crippen LogP contribution in [-0.2, 0) is 11.3 Å². The number of carbonyl (C=O) groups excluding carboxylic acids is 1. The third-order valence-electron chi connectivity index (χ3n) is 3.74. The van der Waals surface area contributed by atoms with Crippen LogP contribution < -0.4 is 9.47 Å². The van der Waals surface area contributed by atoms with Crippen molar-refractivity contribution in [1.29, 1.82) is 0 Å². The summed E-state index contributed by atoms with van der Waals surface area (Å²) in [6, 6.07) is 11.6. The lowest BCUT2D eigenvalue weighted by molar-refractivity contribution is -0.384. The number of rotatable bonds is 7. The summed E-state index contributed by atoms with van der Waals surface area (Å²) >= 11 is 0. The highest BCUT2D eigenvalue weighted by Gasteiger charge is 2.10. The molecular weight excluding hydrogens is 336 g/mol. The Morgan fingerprint density at radius 3 is 2.54 bits per heavy atom. The maximum absolute atomic E-state index is 12.3. The summed E-state index contributed by atoms with van der Waals surface area (Å²) in [4.78, 5) is 24.1. The molecule has 0 aliphatic heterocycles. The topological polar surface area (TPSA) is 81.9 Å². The lowest BCUT2D eigenvalue weighted by Crippen LogP contribution is -2.24. The van der Waals surface area contributed by atoms with E-state index < -0.39 is 4.92 Å². The highest BCUT2D eigenvalue weighted by atomic mass is 16.6. The van der Waals surface area contributed by atoms with Crippen LogP contribution in [0.4, 0.5) is 5.69 Å². The minimum absolute atomic E-state index is 0.0155. The van der Waals surface area contributed by atoms with Crippen molar-refractivity contribution in [2.24, 2.45) is 0 Å². The molecule has 7 heteroatoms. The van der Waals surface area contributed by atoms with E-state index in [1.807, 2.05) is 12.1 Å². The molecule has 7 nitrogen and oxygen atoms in total. The number of ether oxygens (including phenoxy) is 2. The number of likely N-dealkylation sites (N-methyl/N-ethyl adjacent to an activating group) is 1. The van der Waals surface area contributed by atoms with E-state index in [4.69, 9.17) is 9.47 Å². The maximum Gasteiger partial charge on any atom is 0.270 e. The van der Waals surface area contributed by atoms with Gasteiger partial charge in [-0.2, -0.15) is 0 Å². The fourth-order valence-electron chi connectivity index (χ4n) is 2.37. The Bertz CT molecular complexity index is 832. The first kappa shape index (κ1) is 19.0. The Morgan fingerprint density at radius 1 is 1.15 bits per heavy atom. The van der Waals surface area contributed by atoms with Crippen LogP contribution in [-0.4, -0.2) is 37.0 Å². The fourth-order valence-corrected chi connectivity index (χ4v) is 2.37. The van der Waals surface area contributed by atoms with Crippen LogP contribution in [0.25, 0.3) is 6.08 Å². The molecule has 136 valence electrons. The van der Waals surface area contributed by atoms with Gasteiger partial charge in [-0.05, 0) is 29.3 Å². The summed E-state index contributed by atoms with van der Waals surface area (Å²) in [7, 11) is 4.79. The molecule has 0 atom stereocenters. The first-order valence-corrected chi connectivity index (χ1v) is 7.83. The van der Waals surface area contributed by atoms with Crippen LogP contribution >= 0.6 is 0 Å². The second-order valence-electron chi connectivity index (χ2n) is 5.57. The number of amides is 1. The van der Waals surface area contributed by atoms with Gasteiger partial charge in [0.05, 0.1) is 19.1 Å². The highest BCUT2D eigenvalue weighted by molar-refractivity contribution is 5.91. The molecule has 0 radical (unpaired) electrons. The Kier molecular flexibility index (Phi) is 6.32. The minimum Gasteiger partial charge on any atom is -0.493 e. The van der Waals surface area contributed by atoms with Crippen LogP contribution in [0.5, 0.6) is 11.5 Å². The van der Waals surface area contributed by atoms with Gasteiger partial charge in [-0.3, -0.25) is 14.9 Å². The molecule has 0 unspecified atom stereocenters.